The number of amides is 2. The van der Waals surface area contributed by atoms with Crippen molar-refractivity contribution in [3.05, 3.63) is 0 Å². The number of carbonyl (C=O) groups is 2. The van der Waals surface area contributed by atoms with Crippen LogP contribution in [-0.2, 0) is 9.59 Å². The highest BCUT2D eigenvalue weighted by atomic mass is 16.3. The molecule has 4 heteroatoms. The van der Waals surface area contributed by atoms with E-state index in [1.54, 1.807) is 6.92 Å². The minimum Gasteiger partial charge on any atom is -0.393 e. The molecule has 4 nitrogen and oxygen atoms in total. The molecule has 1 unspecified atom stereocenters. The number of aliphatic hydroxyl groups is 1. The number of nitrogens with zero attached hydrogens (tertiary/aromatic N) is 1. The van der Waals surface area contributed by atoms with Crippen LogP contribution in [0.4, 0.5) is 0 Å². The van der Waals surface area contributed by atoms with Crippen molar-refractivity contribution < 1.29 is 14.7 Å². The summed E-state index contributed by atoms with van der Waals surface area (Å²) in [6.45, 7) is 4.08. The number of aliphatic hydroxyl groups excluding tert-OH is 1. The molecule has 1 fully saturated rings. The molecule has 86 valence electrons. The zero-order chi connectivity index (χ0) is 11.4. The Labute approximate surface area is 90.3 Å². The summed E-state index contributed by atoms with van der Waals surface area (Å²) in [5.74, 6) is 0.0479. The predicted molar refractivity (Wildman–Crippen MR) is 56.0 cm³/mol. The maximum atomic E-state index is 11.5. The van der Waals surface area contributed by atoms with E-state index in [-0.39, 0.29) is 23.8 Å². The Morgan fingerprint density at radius 3 is 2.40 bits per heavy atom. The Kier molecular flexibility index (Phi) is 4.27. The van der Waals surface area contributed by atoms with Gasteiger partial charge in [0.15, 0.2) is 0 Å². The van der Waals surface area contributed by atoms with E-state index in [9.17, 15) is 9.59 Å². The van der Waals surface area contributed by atoms with Gasteiger partial charge in [0, 0.05) is 19.4 Å². The van der Waals surface area contributed by atoms with Crippen molar-refractivity contribution in [2.75, 3.05) is 6.54 Å². The third-order valence-corrected chi connectivity index (χ3v) is 2.65. The van der Waals surface area contributed by atoms with Gasteiger partial charge in [-0.05, 0) is 25.7 Å². The molecule has 0 spiro atoms. The van der Waals surface area contributed by atoms with Gasteiger partial charge in [0.2, 0.25) is 11.8 Å². The fraction of sp³-hybridized carbons (Fsp3) is 0.818. The zero-order valence-corrected chi connectivity index (χ0v) is 9.40. The lowest BCUT2D eigenvalue weighted by Crippen LogP contribution is -2.43. The average molecular weight is 213 g/mol. The standard InChI is InChI=1S/C11H19NO3/c1-8-6-10(14)12(11(15)7-8)5-3-4-9(2)13/h8-9,13H,3-7H2,1-2H3. The molecule has 0 bridgehead atoms. The van der Waals surface area contributed by atoms with Gasteiger partial charge in [-0.15, -0.1) is 0 Å². The van der Waals surface area contributed by atoms with E-state index >= 15 is 0 Å². The van der Waals surface area contributed by atoms with Crippen LogP contribution in [0.3, 0.4) is 0 Å². The molecule has 1 heterocycles. The molecular formula is C11H19NO3. The Hall–Kier alpha value is -0.900. The van der Waals surface area contributed by atoms with Gasteiger partial charge in [-0.2, -0.15) is 0 Å². The number of likely N-dealkylation sites (tertiary alicyclic amines) is 1. The molecule has 1 N–H and O–H groups in total. The minimum absolute atomic E-state index is 0.0654. The third kappa shape index (κ3) is 3.63. The van der Waals surface area contributed by atoms with E-state index in [0.29, 0.717) is 32.2 Å². The lowest BCUT2D eigenvalue weighted by molar-refractivity contribution is -0.149. The molecule has 0 saturated carbocycles. The molecule has 0 aromatic carbocycles. The van der Waals surface area contributed by atoms with Crippen LogP contribution in [0.15, 0.2) is 0 Å². The highest BCUT2D eigenvalue weighted by Crippen LogP contribution is 2.19. The smallest absolute Gasteiger partial charge is 0.229 e. The highest BCUT2D eigenvalue weighted by molar-refractivity contribution is 5.97. The maximum Gasteiger partial charge on any atom is 0.229 e. The van der Waals surface area contributed by atoms with E-state index in [1.807, 2.05) is 6.92 Å². The van der Waals surface area contributed by atoms with Crippen LogP contribution in [-0.4, -0.2) is 34.5 Å². The molecule has 0 aliphatic carbocycles. The molecule has 1 rings (SSSR count). The zero-order valence-electron chi connectivity index (χ0n) is 9.40. The molecule has 15 heavy (non-hydrogen) atoms. The summed E-state index contributed by atoms with van der Waals surface area (Å²) in [5.41, 5.74) is 0. The van der Waals surface area contributed by atoms with Crippen LogP contribution in [0.1, 0.15) is 39.5 Å². The molecule has 2 amide bonds. The summed E-state index contributed by atoms with van der Waals surface area (Å²) >= 11 is 0. The van der Waals surface area contributed by atoms with Gasteiger partial charge >= 0.3 is 0 Å². The lowest BCUT2D eigenvalue weighted by Gasteiger charge is -2.28. The van der Waals surface area contributed by atoms with Crippen LogP contribution in [0, 0.1) is 5.92 Å². The van der Waals surface area contributed by atoms with E-state index < -0.39 is 0 Å². The monoisotopic (exact) mass is 213 g/mol. The number of hydrogen-bond acceptors (Lipinski definition) is 3. The second kappa shape index (κ2) is 5.26. The molecule has 0 aromatic rings. The van der Waals surface area contributed by atoms with Gasteiger partial charge in [-0.25, -0.2) is 0 Å². The molecule has 1 aliphatic rings. The van der Waals surface area contributed by atoms with Crippen molar-refractivity contribution in [3.8, 4) is 0 Å². The Balaban J connectivity index is 2.39. The molecule has 1 aliphatic heterocycles. The Morgan fingerprint density at radius 1 is 1.40 bits per heavy atom. The molecular weight excluding hydrogens is 194 g/mol. The van der Waals surface area contributed by atoms with Gasteiger partial charge < -0.3 is 5.11 Å². The van der Waals surface area contributed by atoms with Gasteiger partial charge in [0.25, 0.3) is 0 Å². The summed E-state index contributed by atoms with van der Waals surface area (Å²) in [5, 5.41) is 9.07. The predicted octanol–water partition coefficient (Wildman–Crippen LogP) is 0.933. The van der Waals surface area contributed by atoms with Gasteiger partial charge in [0.1, 0.15) is 0 Å². The number of carbonyl (C=O) groups excluding carboxylic acids is 2. The summed E-state index contributed by atoms with van der Waals surface area (Å²) in [7, 11) is 0. The largest absolute Gasteiger partial charge is 0.393 e. The van der Waals surface area contributed by atoms with E-state index in [1.165, 1.54) is 4.90 Å². The summed E-state index contributed by atoms with van der Waals surface area (Å²) < 4.78 is 0. The first-order chi connectivity index (χ1) is 7.00. The second-order valence-electron chi connectivity index (χ2n) is 4.44. The van der Waals surface area contributed by atoms with Gasteiger partial charge in [0.05, 0.1) is 6.10 Å². The van der Waals surface area contributed by atoms with Crippen LogP contribution in [0.5, 0.6) is 0 Å². The number of piperidine rings is 1. The van der Waals surface area contributed by atoms with Crippen LogP contribution in [0.2, 0.25) is 0 Å². The molecule has 0 radical (unpaired) electrons. The SMILES string of the molecule is CC(O)CCCN1C(=O)CC(C)CC1=O. The van der Waals surface area contributed by atoms with Crippen molar-refractivity contribution >= 4 is 11.8 Å². The molecule has 1 saturated heterocycles. The van der Waals surface area contributed by atoms with Crippen molar-refractivity contribution in [2.24, 2.45) is 5.92 Å². The summed E-state index contributed by atoms with van der Waals surface area (Å²) in [6.07, 6.45) is 1.90. The fourth-order valence-corrected chi connectivity index (χ4v) is 1.82. The third-order valence-electron chi connectivity index (χ3n) is 2.65. The van der Waals surface area contributed by atoms with Crippen molar-refractivity contribution in [3.63, 3.8) is 0 Å². The topological polar surface area (TPSA) is 57.6 Å². The summed E-state index contributed by atoms with van der Waals surface area (Å²) in [6, 6.07) is 0. The number of rotatable bonds is 4. The number of hydrogen-bond donors (Lipinski definition) is 1. The van der Waals surface area contributed by atoms with Crippen molar-refractivity contribution in [1.29, 1.82) is 0 Å². The first kappa shape index (κ1) is 12.2. The molecule has 1 atom stereocenters. The van der Waals surface area contributed by atoms with E-state index in [4.69, 9.17) is 5.11 Å². The van der Waals surface area contributed by atoms with Crippen LogP contribution >= 0.6 is 0 Å². The van der Waals surface area contributed by atoms with Crippen molar-refractivity contribution in [2.45, 2.75) is 45.6 Å². The van der Waals surface area contributed by atoms with Gasteiger partial charge in [-0.3, -0.25) is 14.5 Å². The fourth-order valence-electron chi connectivity index (χ4n) is 1.82. The van der Waals surface area contributed by atoms with E-state index in [2.05, 4.69) is 0 Å². The first-order valence-electron chi connectivity index (χ1n) is 5.52. The maximum absolute atomic E-state index is 11.5. The normalized spacial score (nSPS) is 20.9. The lowest BCUT2D eigenvalue weighted by atomic mass is 9.97. The second-order valence-corrected chi connectivity index (χ2v) is 4.44. The molecule has 0 aromatic heterocycles. The quantitative estimate of drug-likeness (QED) is 0.707. The first-order valence-corrected chi connectivity index (χ1v) is 5.52. The van der Waals surface area contributed by atoms with Crippen LogP contribution in [0.25, 0.3) is 0 Å². The Bertz CT molecular complexity index is 232. The minimum atomic E-state index is -0.362. The van der Waals surface area contributed by atoms with Crippen LogP contribution < -0.4 is 0 Å². The Morgan fingerprint density at radius 2 is 1.93 bits per heavy atom. The summed E-state index contributed by atoms with van der Waals surface area (Å²) in [4.78, 5) is 24.4. The average Bonchev–Trinajstić information content (AvgIpc) is 2.08. The van der Waals surface area contributed by atoms with Gasteiger partial charge in [-0.1, -0.05) is 6.92 Å². The van der Waals surface area contributed by atoms with Crippen molar-refractivity contribution in [1.82, 2.24) is 4.90 Å². The number of imide groups is 1. The van der Waals surface area contributed by atoms with E-state index in [0.717, 1.165) is 0 Å². The highest BCUT2D eigenvalue weighted by Gasteiger charge is 2.29.